The van der Waals surface area contributed by atoms with Gasteiger partial charge in [-0.15, -0.1) is 0 Å². The lowest BCUT2D eigenvalue weighted by Crippen LogP contribution is -2.36. The lowest BCUT2D eigenvalue weighted by molar-refractivity contribution is -0.0179. The predicted molar refractivity (Wildman–Crippen MR) is 119 cm³/mol. The van der Waals surface area contributed by atoms with Crippen LogP contribution in [-0.4, -0.2) is 109 Å². The fourth-order valence-corrected chi connectivity index (χ4v) is 2.08. The van der Waals surface area contributed by atoms with Crippen LogP contribution >= 0.6 is 0 Å². The highest BCUT2D eigenvalue weighted by molar-refractivity contribution is 5.67. The first-order valence-corrected chi connectivity index (χ1v) is 11.3. The second-order valence-electron chi connectivity index (χ2n) is 7.93. The molecule has 0 rings (SSSR count). The maximum atomic E-state index is 11.8. The Morgan fingerprint density at radius 1 is 0.645 bits per heavy atom. The number of hydrogen-bond acceptors (Lipinski definition) is 8. The van der Waals surface area contributed by atoms with Gasteiger partial charge in [0.1, 0.15) is 5.60 Å². The molecule has 31 heavy (non-hydrogen) atoms. The fraction of sp³-hybridized carbons (Fsp3) is 0.955. The summed E-state index contributed by atoms with van der Waals surface area (Å²) in [5.41, 5.74) is -0.494. The van der Waals surface area contributed by atoms with Gasteiger partial charge in [-0.05, 0) is 27.2 Å². The van der Waals surface area contributed by atoms with Gasteiger partial charge in [0, 0.05) is 20.2 Å². The normalized spacial score (nSPS) is 11.6. The summed E-state index contributed by atoms with van der Waals surface area (Å²) in [6, 6.07) is 0. The Hall–Kier alpha value is -0.970. The molecule has 1 amide bonds. The summed E-state index contributed by atoms with van der Waals surface area (Å²) in [7, 11) is 1.69. The van der Waals surface area contributed by atoms with Gasteiger partial charge in [-0.1, -0.05) is 13.3 Å². The van der Waals surface area contributed by atoms with Gasteiger partial charge in [-0.25, -0.2) is 4.79 Å². The highest BCUT2D eigenvalue weighted by Gasteiger charge is 2.19. The van der Waals surface area contributed by atoms with Crippen LogP contribution in [-0.2, 0) is 33.2 Å². The molecule has 0 radical (unpaired) electrons. The standard InChI is InChI=1S/C22H45NO8/c1-6-7-9-25-11-13-27-15-17-29-19-20-30-18-16-28-14-12-26-10-8-23(5)21(24)31-22(2,3)4/h6-20H2,1-5H3. The fourth-order valence-electron chi connectivity index (χ4n) is 2.08. The molecule has 0 aromatic carbocycles. The first kappa shape index (κ1) is 30.0. The summed E-state index contributed by atoms with van der Waals surface area (Å²) in [5.74, 6) is 0. The zero-order chi connectivity index (χ0) is 23.2. The average Bonchev–Trinajstić information content (AvgIpc) is 2.71. The molecule has 0 bridgehead atoms. The second kappa shape index (κ2) is 20.9. The molecular formula is C22H45NO8. The summed E-state index contributed by atoms with van der Waals surface area (Å²) >= 11 is 0. The average molecular weight is 452 g/mol. The molecule has 0 fully saturated rings. The number of unbranched alkanes of at least 4 members (excludes halogenated alkanes) is 1. The molecule has 0 aliphatic heterocycles. The van der Waals surface area contributed by atoms with E-state index < -0.39 is 5.60 Å². The first-order valence-electron chi connectivity index (χ1n) is 11.3. The molecule has 0 atom stereocenters. The number of nitrogens with zero attached hydrogens (tertiary/aromatic N) is 1. The maximum absolute atomic E-state index is 11.8. The zero-order valence-corrected chi connectivity index (χ0v) is 20.3. The topological polar surface area (TPSA) is 84.9 Å². The second-order valence-corrected chi connectivity index (χ2v) is 7.93. The molecule has 0 saturated carbocycles. The van der Waals surface area contributed by atoms with Crippen molar-refractivity contribution in [2.75, 3.05) is 92.9 Å². The molecule has 9 nitrogen and oxygen atoms in total. The van der Waals surface area contributed by atoms with Crippen molar-refractivity contribution in [1.82, 2.24) is 4.90 Å². The number of likely N-dealkylation sites (N-methyl/N-ethyl adjacent to an activating group) is 1. The lowest BCUT2D eigenvalue weighted by atomic mass is 10.2. The molecule has 9 heteroatoms. The summed E-state index contributed by atoms with van der Waals surface area (Å²) in [5, 5.41) is 0. The SMILES string of the molecule is CCCCOCCOCCOCCOCCOCCOCCN(C)C(=O)OC(C)(C)C. The summed E-state index contributed by atoms with van der Waals surface area (Å²) < 4.78 is 37.8. The third-order valence-corrected chi connectivity index (χ3v) is 3.78. The molecule has 0 N–H and O–H groups in total. The largest absolute Gasteiger partial charge is 0.444 e. The van der Waals surface area contributed by atoms with E-state index in [-0.39, 0.29) is 6.09 Å². The minimum Gasteiger partial charge on any atom is -0.444 e. The van der Waals surface area contributed by atoms with Gasteiger partial charge in [0.2, 0.25) is 0 Å². The number of carbonyl (C=O) groups excluding carboxylic acids is 1. The molecule has 186 valence electrons. The quantitative estimate of drug-likeness (QED) is 0.246. The lowest BCUT2D eigenvalue weighted by Gasteiger charge is -2.24. The van der Waals surface area contributed by atoms with Gasteiger partial charge >= 0.3 is 6.09 Å². The molecule has 0 aromatic rings. The van der Waals surface area contributed by atoms with Crippen LogP contribution in [0, 0.1) is 0 Å². The third kappa shape index (κ3) is 23.5. The predicted octanol–water partition coefficient (Wildman–Crippen LogP) is 2.75. The maximum Gasteiger partial charge on any atom is 0.410 e. The monoisotopic (exact) mass is 451 g/mol. The van der Waals surface area contributed by atoms with E-state index in [9.17, 15) is 4.79 Å². The van der Waals surface area contributed by atoms with Crippen molar-refractivity contribution < 1.29 is 38.0 Å². The van der Waals surface area contributed by atoms with Crippen LogP contribution in [0.5, 0.6) is 0 Å². The summed E-state index contributed by atoms with van der Waals surface area (Å²) in [4.78, 5) is 13.3. The Kier molecular flexibility index (Phi) is 20.3. The Morgan fingerprint density at radius 2 is 1.00 bits per heavy atom. The van der Waals surface area contributed by atoms with Crippen LogP contribution in [0.4, 0.5) is 4.79 Å². The van der Waals surface area contributed by atoms with Crippen LogP contribution in [0.25, 0.3) is 0 Å². The molecule has 0 unspecified atom stereocenters. The number of amides is 1. The molecule has 0 saturated heterocycles. The van der Waals surface area contributed by atoms with Crippen LogP contribution in [0.3, 0.4) is 0 Å². The first-order chi connectivity index (χ1) is 14.9. The highest BCUT2D eigenvalue weighted by Crippen LogP contribution is 2.08. The summed E-state index contributed by atoms with van der Waals surface area (Å²) in [6.45, 7) is 14.7. The minimum absolute atomic E-state index is 0.353. The van der Waals surface area contributed by atoms with Gasteiger partial charge in [-0.2, -0.15) is 0 Å². The Morgan fingerprint density at radius 3 is 1.35 bits per heavy atom. The van der Waals surface area contributed by atoms with Gasteiger partial charge < -0.3 is 38.1 Å². The van der Waals surface area contributed by atoms with Crippen LogP contribution in [0.1, 0.15) is 40.5 Å². The van der Waals surface area contributed by atoms with E-state index in [1.807, 2.05) is 20.8 Å². The van der Waals surface area contributed by atoms with Crippen LogP contribution in [0.15, 0.2) is 0 Å². The van der Waals surface area contributed by atoms with Crippen molar-refractivity contribution in [3.8, 4) is 0 Å². The molecule has 0 aromatic heterocycles. The van der Waals surface area contributed by atoms with Crippen molar-refractivity contribution >= 4 is 6.09 Å². The number of carbonyl (C=O) groups is 1. The van der Waals surface area contributed by atoms with Crippen molar-refractivity contribution in [3.63, 3.8) is 0 Å². The number of hydrogen-bond donors (Lipinski definition) is 0. The number of rotatable bonds is 21. The molecular weight excluding hydrogens is 406 g/mol. The van der Waals surface area contributed by atoms with Crippen LogP contribution in [0.2, 0.25) is 0 Å². The number of ether oxygens (including phenoxy) is 7. The van der Waals surface area contributed by atoms with Gasteiger partial charge in [-0.3, -0.25) is 0 Å². The van der Waals surface area contributed by atoms with Gasteiger partial charge in [0.15, 0.2) is 0 Å². The van der Waals surface area contributed by atoms with E-state index in [2.05, 4.69) is 6.92 Å². The van der Waals surface area contributed by atoms with Crippen LogP contribution < -0.4 is 0 Å². The van der Waals surface area contributed by atoms with Crippen molar-refractivity contribution in [2.24, 2.45) is 0 Å². The van der Waals surface area contributed by atoms with Crippen molar-refractivity contribution in [1.29, 1.82) is 0 Å². The van der Waals surface area contributed by atoms with Gasteiger partial charge in [0.25, 0.3) is 0 Å². The van der Waals surface area contributed by atoms with E-state index in [1.165, 1.54) is 4.90 Å². The van der Waals surface area contributed by atoms with E-state index >= 15 is 0 Å². The van der Waals surface area contributed by atoms with Gasteiger partial charge in [0.05, 0.1) is 72.7 Å². The Balaban J connectivity index is 3.21. The highest BCUT2D eigenvalue weighted by atomic mass is 16.6. The van der Waals surface area contributed by atoms with E-state index in [0.717, 1.165) is 19.4 Å². The van der Waals surface area contributed by atoms with E-state index in [0.29, 0.717) is 79.2 Å². The molecule has 0 aliphatic rings. The smallest absolute Gasteiger partial charge is 0.410 e. The molecule has 0 spiro atoms. The van der Waals surface area contributed by atoms with E-state index in [1.54, 1.807) is 7.05 Å². The Bertz CT molecular complexity index is 403. The zero-order valence-electron chi connectivity index (χ0n) is 20.3. The van der Waals surface area contributed by atoms with E-state index in [4.69, 9.17) is 33.2 Å². The third-order valence-electron chi connectivity index (χ3n) is 3.78. The summed E-state index contributed by atoms with van der Waals surface area (Å²) in [6.07, 6.45) is 1.89. The molecule has 0 heterocycles. The van der Waals surface area contributed by atoms with Crippen molar-refractivity contribution in [3.05, 3.63) is 0 Å². The minimum atomic E-state index is -0.494. The van der Waals surface area contributed by atoms with Crippen molar-refractivity contribution in [2.45, 2.75) is 46.1 Å². The Labute approximate surface area is 188 Å². The molecule has 0 aliphatic carbocycles.